The number of carbonyl (C=O) groups excluding carboxylic acids is 1. The maximum Gasteiger partial charge on any atom is 0.450 e. The van der Waals surface area contributed by atoms with E-state index in [0.717, 1.165) is 0 Å². The lowest BCUT2D eigenvalue weighted by Crippen LogP contribution is -2.42. The summed E-state index contributed by atoms with van der Waals surface area (Å²) in [4.78, 5) is 11.5. The van der Waals surface area contributed by atoms with Crippen molar-refractivity contribution in [2.45, 2.75) is 36.1 Å². The number of allylic oxidation sites excluding steroid dienone is 2. The van der Waals surface area contributed by atoms with Crippen molar-refractivity contribution in [3.63, 3.8) is 0 Å². The van der Waals surface area contributed by atoms with Crippen molar-refractivity contribution in [3.05, 3.63) is 42.0 Å². The Morgan fingerprint density at radius 1 is 1.18 bits per heavy atom. The van der Waals surface area contributed by atoms with Gasteiger partial charge in [0.15, 0.2) is 9.84 Å². The van der Waals surface area contributed by atoms with Crippen molar-refractivity contribution in [3.8, 4) is 0 Å². The summed E-state index contributed by atoms with van der Waals surface area (Å²) in [5.41, 5.74) is 0.677. The molecule has 0 amide bonds. The first-order valence-corrected chi connectivity index (χ1v) is 8.24. The fourth-order valence-electron chi connectivity index (χ4n) is 2.62. The molecule has 2 atom stereocenters. The van der Waals surface area contributed by atoms with Gasteiger partial charge in [-0.05, 0) is 31.9 Å². The Kier molecular flexibility index (Phi) is 4.47. The maximum atomic E-state index is 12.7. The van der Waals surface area contributed by atoms with E-state index in [-0.39, 0.29) is 17.7 Å². The van der Waals surface area contributed by atoms with Crippen LogP contribution >= 0.6 is 0 Å². The molecule has 0 N–H and O–H groups in total. The number of benzene rings is 1. The lowest BCUT2D eigenvalue weighted by atomic mass is 9.86. The number of alkyl halides is 3. The highest BCUT2D eigenvalue weighted by molar-refractivity contribution is 7.92. The third-order valence-corrected chi connectivity index (χ3v) is 6.00. The Balaban J connectivity index is 2.45. The molecule has 0 fully saturated rings. The van der Waals surface area contributed by atoms with E-state index >= 15 is 0 Å². The zero-order valence-corrected chi connectivity index (χ0v) is 12.6. The summed E-state index contributed by atoms with van der Waals surface area (Å²) in [5, 5.41) is -1.38. The Bertz CT molecular complexity index is 690. The van der Waals surface area contributed by atoms with Crippen molar-refractivity contribution >= 4 is 15.6 Å². The molecule has 2 rings (SSSR count). The van der Waals surface area contributed by atoms with Crippen LogP contribution in [0.1, 0.15) is 19.8 Å². The van der Waals surface area contributed by atoms with Crippen LogP contribution in [0.3, 0.4) is 0 Å². The van der Waals surface area contributed by atoms with Gasteiger partial charge in [-0.15, -0.1) is 0 Å². The number of carbonyl (C=O) groups is 1. The topological polar surface area (TPSA) is 51.2 Å². The van der Waals surface area contributed by atoms with Gasteiger partial charge in [0.1, 0.15) is 0 Å². The van der Waals surface area contributed by atoms with E-state index in [1.54, 1.807) is 13.0 Å². The van der Waals surface area contributed by atoms with Crippen LogP contribution in [0.15, 0.2) is 46.9 Å². The van der Waals surface area contributed by atoms with Crippen LogP contribution in [0.5, 0.6) is 0 Å². The van der Waals surface area contributed by atoms with Gasteiger partial charge in [0.25, 0.3) is 0 Å². The average molecular weight is 332 g/mol. The predicted octanol–water partition coefficient (Wildman–Crippen LogP) is 3.32. The third kappa shape index (κ3) is 3.24. The van der Waals surface area contributed by atoms with Crippen LogP contribution in [-0.2, 0) is 14.6 Å². The lowest BCUT2D eigenvalue weighted by molar-refractivity contribution is -0.175. The molecule has 0 saturated carbocycles. The standard InChI is InChI=1S/C15H15F3O3S/c1-10-7-8-12(14(19)15(16,17)18)13(9-10)22(20,21)11-5-3-2-4-6-11/h2-7,12-13H,8-9H2,1H3/t12-,13-/m0/s1. The summed E-state index contributed by atoms with van der Waals surface area (Å²) < 4.78 is 63.4. The number of ketones is 1. The largest absolute Gasteiger partial charge is 0.450 e. The summed E-state index contributed by atoms with van der Waals surface area (Å²) in [6, 6.07) is 7.28. The van der Waals surface area contributed by atoms with Crippen molar-refractivity contribution in [2.75, 3.05) is 0 Å². The molecule has 1 aromatic rings. The minimum Gasteiger partial charge on any atom is -0.289 e. The van der Waals surface area contributed by atoms with Gasteiger partial charge < -0.3 is 0 Å². The fraction of sp³-hybridized carbons (Fsp3) is 0.400. The minimum atomic E-state index is -5.03. The molecule has 1 aliphatic carbocycles. The van der Waals surface area contributed by atoms with E-state index in [9.17, 15) is 26.4 Å². The second-order valence-electron chi connectivity index (χ2n) is 5.36. The van der Waals surface area contributed by atoms with E-state index in [1.165, 1.54) is 30.3 Å². The van der Waals surface area contributed by atoms with Crippen LogP contribution in [0.2, 0.25) is 0 Å². The molecule has 120 valence electrons. The first-order valence-electron chi connectivity index (χ1n) is 6.69. The highest BCUT2D eigenvalue weighted by atomic mass is 32.2. The average Bonchev–Trinajstić information content (AvgIpc) is 2.46. The van der Waals surface area contributed by atoms with Gasteiger partial charge in [0, 0.05) is 5.92 Å². The second-order valence-corrected chi connectivity index (χ2v) is 7.52. The molecule has 0 aliphatic heterocycles. The van der Waals surface area contributed by atoms with Crippen LogP contribution in [0.4, 0.5) is 13.2 Å². The molecule has 22 heavy (non-hydrogen) atoms. The molecule has 1 aliphatic rings. The van der Waals surface area contributed by atoms with Gasteiger partial charge in [-0.3, -0.25) is 4.79 Å². The van der Waals surface area contributed by atoms with Crippen molar-refractivity contribution in [2.24, 2.45) is 5.92 Å². The van der Waals surface area contributed by atoms with Gasteiger partial charge in [-0.1, -0.05) is 29.8 Å². The molecule has 7 heteroatoms. The molecule has 0 heterocycles. The van der Waals surface area contributed by atoms with E-state index < -0.39 is 33.0 Å². The van der Waals surface area contributed by atoms with Crippen molar-refractivity contribution in [1.82, 2.24) is 0 Å². The van der Waals surface area contributed by atoms with E-state index in [2.05, 4.69) is 0 Å². The molecule has 0 aromatic heterocycles. The second kappa shape index (κ2) is 5.87. The summed E-state index contributed by atoms with van der Waals surface area (Å²) in [5.74, 6) is -3.56. The molecular formula is C15H15F3O3S. The summed E-state index contributed by atoms with van der Waals surface area (Å²) in [6.07, 6.45) is -3.80. The maximum absolute atomic E-state index is 12.7. The zero-order chi connectivity index (χ0) is 16.5. The molecule has 0 spiro atoms. The number of sulfone groups is 1. The molecule has 0 unspecified atom stereocenters. The Hall–Kier alpha value is -1.63. The zero-order valence-electron chi connectivity index (χ0n) is 11.8. The molecule has 0 radical (unpaired) electrons. The minimum absolute atomic E-state index is 0.0605. The van der Waals surface area contributed by atoms with Crippen LogP contribution in [-0.4, -0.2) is 25.6 Å². The van der Waals surface area contributed by atoms with Crippen LogP contribution in [0.25, 0.3) is 0 Å². The first kappa shape index (κ1) is 16.7. The molecular weight excluding hydrogens is 317 g/mol. The summed E-state index contributed by atoms with van der Waals surface area (Å²) in [7, 11) is -4.01. The number of hydrogen-bond donors (Lipinski definition) is 0. The quantitative estimate of drug-likeness (QED) is 0.798. The van der Waals surface area contributed by atoms with Gasteiger partial charge in [0.05, 0.1) is 10.1 Å². The Morgan fingerprint density at radius 3 is 2.32 bits per heavy atom. The molecule has 0 bridgehead atoms. The Labute approximate surface area is 126 Å². The van der Waals surface area contributed by atoms with Gasteiger partial charge >= 0.3 is 6.18 Å². The lowest BCUT2D eigenvalue weighted by Gasteiger charge is -2.29. The number of hydrogen-bond acceptors (Lipinski definition) is 3. The first-order chi connectivity index (χ1) is 10.1. The van der Waals surface area contributed by atoms with Gasteiger partial charge in [-0.2, -0.15) is 13.2 Å². The monoisotopic (exact) mass is 332 g/mol. The molecule has 0 saturated heterocycles. The fourth-order valence-corrected chi connectivity index (χ4v) is 4.66. The number of Topliss-reactive ketones (excluding diaryl/α,β-unsaturated/α-hetero) is 1. The van der Waals surface area contributed by atoms with E-state index in [4.69, 9.17) is 0 Å². The molecule has 3 nitrogen and oxygen atoms in total. The smallest absolute Gasteiger partial charge is 0.289 e. The van der Waals surface area contributed by atoms with E-state index in [0.29, 0.717) is 5.57 Å². The highest BCUT2D eigenvalue weighted by Gasteiger charge is 2.50. The van der Waals surface area contributed by atoms with Gasteiger partial charge in [-0.25, -0.2) is 8.42 Å². The van der Waals surface area contributed by atoms with Crippen molar-refractivity contribution in [1.29, 1.82) is 0 Å². The summed E-state index contributed by atoms with van der Waals surface area (Å²) >= 11 is 0. The van der Waals surface area contributed by atoms with Gasteiger partial charge in [0.2, 0.25) is 5.78 Å². The number of rotatable bonds is 3. The summed E-state index contributed by atoms with van der Waals surface area (Å²) in [6.45, 7) is 1.65. The predicted molar refractivity (Wildman–Crippen MR) is 75.0 cm³/mol. The SMILES string of the molecule is CC1=CC[C@H](C(=O)C(F)(F)F)[C@@H](S(=O)(=O)c2ccccc2)C1. The highest BCUT2D eigenvalue weighted by Crippen LogP contribution is 2.37. The third-order valence-electron chi connectivity index (χ3n) is 3.78. The van der Waals surface area contributed by atoms with Crippen molar-refractivity contribution < 1.29 is 26.4 Å². The molecule has 1 aromatic carbocycles. The normalized spacial score (nSPS) is 23.0. The Morgan fingerprint density at radius 2 is 1.77 bits per heavy atom. The number of halogens is 3. The van der Waals surface area contributed by atoms with Crippen LogP contribution < -0.4 is 0 Å². The van der Waals surface area contributed by atoms with E-state index in [1.807, 2.05) is 0 Å². The van der Waals surface area contributed by atoms with Crippen LogP contribution in [0, 0.1) is 5.92 Å².